The smallest absolute Gasteiger partial charge is 0.249 e. The molecule has 9 heteroatoms. The van der Waals surface area contributed by atoms with Gasteiger partial charge < -0.3 is 10.3 Å². The fourth-order valence-corrected chi connectivity index (χ4v) is 3.76. The van der Waals surface area contributed by atoms with E-state index in [9.17, 15) is 27.6 Å². The van der Waals surface area contributed by atoms with Crippen LogP contribution in [0.5, 0.6) is 0 Å². The molecule has 1 aliphatic rings. The second kappa shape index (κ2) is 8.25. The van der Waals surface area contributed by atoms with E-state index in [0.29, 0.717) is 35.0 Å². The number of imide groups is 1. The molecule has 3 N–H and O–H groups in total. The van der Waals surface area contributed by atoms with Gasteiger partial charge in [-0.25, -0.2) is 13.2 Å². The van der Waals surface area contributed by atoms with E-state index in [4.69, 9.17) is 0 Å². The summed E-state index contributed by atoms with van der Waals surface area (Å²) in [7, 11) is 0. The molecule has 0 radical (unpaired) electrons. The van der Waals surface area contributed by atoms with Crippen molar-refractivity contribution in [2.75, 3.05) is 0 Å². The predicted molar refractivity (Wildman–Crippen MR) is 106 cm³/mol. The molecule has 0 unspecified atom stereocenters. The molecule has 3 aromatic rings. The first kappa shape index (κ1) is 20.6. The minimum absolute atomic E-state index is 0.0469. The first-order valence-corrected chi connectivity index (χ1v) is 9.70. The number of aromatic nitrogens is 1. The molecule has 1 aromatic heterocycles. The summed E-state index contributed by atoms with van der Waals surface area (Å²) in [5.41, 5.74) is 1.83. The van der Waals surface area contributed by atoms with Crippen LogP contribution >= 0.6 is 0 Å². The van der Waals surface area contributed by atoms with Crippen LogP contribution in [-0.2, 0) is 20.8 Å². The number of hydrogen-bond acceptors (Lipinski definition) is 3. The Morgan fingerprint density at radius 1 is 1.06 bits per heavy atom. The molecule has 31 heavy (non-hydrogen) atoms. The molecule has 0 bridgehead atoms. The second-order valence-electron chi connectivity index (χ2n) is 7.39. The maximum atomic E-state index is 14.3. The fraction of sp³-hybridized carbons (Fsp3) is 0.227. The SMILES string of the molecule is O=C1C[C@@H](NC(=O)CCCc2c(-c3ccc(F)cc3)[nH]c3c(F)cc(F)cc23)C(=O)N1. The van der Waals surface area contributed by atoms with Gasteiger partial charge >= 0.3 is 0 Å². The van der Waals surface area contributed by atoms with Crippen LogP contribution in [0.15, 0.2) is 36.4 Å². The summed E-state index contributed by atoms with van der Waals surface area (Å²) in [6.45, 7) is 0. The molecule has 0 saturated carbocycles. The minimum Gasteiger partial charge on any atom is -0.352 e. The van der Waals surface area contributed by atoms with Crippen LogP contribution in [0, 0.1) is 17.5 Å². The van der Waals surface area contributed by atoms with E-state index in [2.05, 4.69) is 15.6 Å². The molecule has 1 saturated heterocycles. The van der Waals surface area contributed by atoms with Gasteiger partial charge in [0.25, 0.3) is 0 Å². The van der Waals surface area contributed by atoms with Crippen molar-refractivity contribution in [2.24, 2.45) is 0 Å². The molecule has 4 rings (SSSR count). The highest BCUT2D eigenvalue weighted by atomic mass is 19.1. The predicted octanol–water partition coefficient (Wildman–Crippen LogP) is 3.11. The molecule has 6 nitrogen and oxygen atoms in total. The number of fused-ring (bicyclic) bond motifs is 1. The number of aromatic amines is 1. The maximum Gasteiger partial charge on any atom is 0.249 e. The molecule has 0 aliphatic carbocycles. The van der Waals surface area contributed by atoms with Crippen LogP contribution in [0.2, 0.25) is 0 Å². The van der Waals surface area contributed by atoms with Crippen molar-refractivity contribution in [1.29, 1.82) is 0 Å². The zero-order chi connectivity index (χ0) is 22.1. The van der Waals surface area contributed by atoms with E-state index in [1.807, 2.05) is 0 Å². The van der Waals surface area contributed by atoms with E-state index in [1.165, 1.54) is 30.3 Å². The topological polar surface area (TPSA) is 91.1 Å². The Morgan fingerprint density at radius 3 is 2.48 bits per heavy atom. The third-order valence-electron chi connectivity index (χ3n) is 5.20. The van der Waals surface area contributed by atoms with Gasteiger partial charge in [0.15, 0.2) is 0 Å². The first-order valence-electron chi connectivity index (χ1n) is 9.70. The highest BCUT2D eigenvalue weighted by Gasteiger charge is 2.31. The third-order valence-corrected chi connectivity index (χ3v) is 5.20. The lowest BCUT2D eigenvalue weighted by atomic mass is 10.00. The Kier molecular flexibility index (Phi) is 5.50. The summed E-state index contributed by atoms with van der Waals surface area (Å²) in [6.07, 6.45) is 0.581. The van der Waals surface area contributed by atoms with E-state index >= 15 is 0 Å². The molecular formula is C22H18F3N3O3. The summed E-state index contributed by atoms with van der Waals surface area (Å²) in [5.74, 6) is -3.30. The molecule has 2 heterocycles. The maximum absolute atomic E-state index is 14.3. The van der Waals surface area contributed by atoms with Gasteiger partial charge in [-0.05, 0) is 54.3 Å². The highest BCUT2D eigenvalue weighted by molar-refractivity contribution is 6.06. The van der Waals surface area contributed by atoms with Crippen molar-refractivity contribution in [1.82, 2.24) is 15.6 Å². The largest absolute Gasteiger partial charge is 0.352 e. The summed E-state index contributed by atoms with van der Waals surface area (Å²) in [5, 5.41) is 4.97. The lowest BCUT2D eigenvalue weighted by Crippen LogP contribution is -2.40. The monoisotopic (exact) mass is 429 g/mol. The normalized spacial score (nSPS) is 16.0. The average Bonchev–Trinajstić information content (AvgIpc) is 3.22. The number of aryl methyl sites for hydroxylation is 1. The number of H-pyrrole nitrogens is 1. The van der Waals surface area contributed by atoms with Gasteiger partial charge in [0.2, 0.25) is 17.7 Å². The van der Waals surface area contributed by atoms with Crippen molar-refractivity contribution in [3.05, 3.63) is 59.4 Å². The van der Waals surface area contributed by atoms with Crippen LogP contribution in [0.25, 0.3) is 22.2 Å². The molecule has 2 aromatic carbocycles. The number of hydrogen-bond donors (Lipinski definition) is 3. The van der Waals surface area contributed by atoms with Crippen molar-refractivity contribution in [2.45, 2.75) is 31.7 Å². The summed E-state index contributed by atoms with van der Waals surface area (Å²) >= 11 is 0. The minimum atomic E-state index is -0.883. The van der Waals surface area contributed by atoms with E-state index in [-0.39, 0.29) is 18.4 Å². The lowest BCUT2D eigenvalue weighted by Gasteiger charge is -2.10. The first-order chi connectivity index (χ1) is 14.8. The molecule has 1 aliphatic heterocycles. The number of amides is 3. The number of rotatable bonds is 6. The Hall–Kier alpha value is -3.62. The van der Waals surface area contributed by atoms with Gasteiger partial charge in [-0.15, -0.1) is 0 Å². The highest BCUT2D eigenvalue weighted by Crippen LogP contribution is 2.33. The van der Waals surface area contributed by atoms with Crippen LogP contribution < -0.4 is 10.6 Å². The van der Waals surface area contributed by atoms with Gasteiger partial charge in [-0.3, -0.25) is 19.7 Å². The zero-order valence-corrected chi connectivity index (χ0v) is 16.2. The van der Waals surface area contributed by atoms with Gasteiger partial charge in [0.1, 0.15) is 23.5 Å². The summed E-state index contributed by atoms with van der Waals surface area (Å²) in [6, 6.07) is 6.70. The van der Waals surface area contributed by atoms with Crippen LogP contribution in [0.1, 0.15) is 24.8 Å². The molecule has 3 amide bonds. The van der Waals surface area contributed by atoms with Crippen LogP contribution in [0.4, 0.5) is 13.2 Å². The van der Waals surface area contributed by atoms with Gasteiger partial charge in [-0.2, -0.15) is 0 Å². The van der Waals surface area contributed by atoms with Gasteiger partial charge in [0, 0.05) is 23.6 Å². The van der Waals surface area contributed by atoms with E-state index in [0.717, 1.165) is 6.07 Å². The van der Waals surface area contributed by atoms with Crippen molar-refractivity contribution < 1.29 is 27.6 Å². The lowest BCUT2D eigenvalue weighted by molar-refractivity contribution is -0.128. The Bertz CT molecular complexity index is 1190. The number of carbonyl (C=O) groups excluding carboxylic acids is 3. The molecule has 0 spiro atoms. The van der Waals surface area contributed by atoms with E-state index in [1.54, 1.807) is 0 Å². The van der Waals surface area contributed by atoms with Crippen molar-refractivity contribution in [3.8, 4) is 11.3 Å². The summed E-state index contributed by atoms with van der Waals surface area (Å²) in [4.78, 5) is 37.9. The standard InChI is InChI=1S/C22H18F3N3O3/c23-12-6-4-11(5-7-12)20-14(15-8-13(24)9-16(25)21(15)28-20)2-1-3-18(29)26-17-10-19(30)27-22(17)31/h4-9,17,28H,1-3,10H2,(H,26,29)(H,27,30,31)/t17-/m1/s1. The van der Waals surface area contributed by atoms with Crippen molar-refractivity contribution >= 4 is 28.6 Å². The second-order valence-corrected chi connectivity index (χ2v) is 7.39. The van der Waals surface area contributed by atoms with E-state index < -0.39 is 41.2 Å². The fourth-order valence-electron chi connectivity index (χ4n) is 3.76. The Morgan fingerprint density at radius 2 is 1.81 bits per heavy atom. The number of nitrogens with one attached hydrogen (secondary N) is 3. The number of carbonyl (C=O) groups is 3. The molecule has 1 fully saturated rings. The summed E-state index contributed by atoms with van der Waals surface area (Å²) < 4.78 is 41.5. The Labute approximate surface area is 174 Å². The quantitative estimate of drug-likeness (QED) is 0.526. The van der Waals surface area contributed by atoms with Crippen molar-refractivity contribution in [3.63, 3.8) is 0 Å². The van der Waals surface area contributed by atoms with Crippen LogP contribution in [0.3, 0.4) is 0 Å². The Balaban J connectivity index is 1.55. The van der Waals surface area contributed by atoms with Crippen LogP contribution in [-0.4, -0.2) is 28.7 Å². The average molecular weight is 429 g/mol. The van der Waals surface area contributed by atoms with Gasteiger partial charge in [-0.1, -0.05) is 0 Å². The molecule has 160 valence electrons. The molecule has 1 atom stereocenters. The van der Waals surface area contributed by atoms with Gasteiger partial charge in [0.05, 0.1) is 11.9 Å². The molecular weight excluding hydrogens is 411 g/mol. The zero-order valence-electron chi connectivity index (χ0n) is 16.2. The number of halogens is 3. The number of benzene rings is 2. The third kappa shape index (κ3) is 4.30.